The first-order valence-electron chi connectivity index (χ1n) is 10.6. The van der Waals surface area contributed by atoms with Gasteiger partial charge in [-0.25, -0.2) is 0 Å². The zero-order chi connectivity index (χ0) is 20.9. The molecule has 1 unspecified atom stereocenters. The van der Waals surface area contributed by atoms with Crippen molar-refractivity contribution in [2.75, 3.05) is 5.32 Å². The third-order valence-corrected chi connectivity index (χ3v) is 5.64. The van der Waals surface area contributed by atoms with Crippen LogP contribution in [0.4, 0.5) is 5.69 Å². The molecule has 0 aliphatic carbocycles. The smallest absolute Gasteiger partial charge is 0.165 e. The average Bonchev–Trinajstić information content (AvgIpc) is 2.79. The number of fused-ring (bicyclic) bond motifs is 1. The summed E-state index contributed by atoms with van der Waals surface area (Å²) in [4.78, 5) is 13.2. The van der Waals surface area contributed by atoms with Gasteiger partial charge in [0.2, 0.25) is 0 Å². The lowest BCUT2D eigenvalue weighted by Gasteiger charge is -2.21. The molecule has 150 valence electrons. The van der Waals surface area contributed by atoms with E-state index in [1.54, 1.807) is 0 Å². The summed E-state index contributed by atoms with van der Waals surface area (Å²) < 4.78 is 0. The SMILES string of the molecule is CCc1ccc(NC(CC(=O)c2ccc3ccccc3c2)c2ccc(C)cc2)cc1. The lowest BCUT2D eigenvalue weighted by atomic mass is 9.95. The summed E-state index contributed by atoms with van der Waals surface area (Å²) >= 11 is 0. The summed E-state index contributed by atoms with van der Waals surface area (Å²) in [5.41, 5.74) is 5.43. The van der Waals surface area contributed by atoms with Crippen LogP contribution < -0.4 is 5.32 Å². The molecule has 30 heavy (non-hydrogen) atoms. The zero-order valence-corrected chi connectivity index (χ0v) is 17.6. The molecule has 1 N–H and O–H groups in total. The molecule has 0 fully saturated rings. The van der Waals surface area contributed by atoms with Gasteiger partial charge in [0.1, 0.15) is 0 Å². The molecule has 0 aliphatic heterocycles. The van der Waals surface area contributed by atoms with Gasteiger partial charge in [-0.05, 0) is 53.4 Å². The maximum atomic E-state index is 13.2. The van der Waals surface area contributed by atoms with Gasteiger partial charge in [0.15, 0.2) is 5.78 Å². The van der Waals surface area contributed by atoms with Crippen LogP contribution in [0.3, 0.4) is 0 Å². The van der Waals surface area contributed by atoms with Gasteiger partial charge in [-0.15, -0.1) is 0 Å². The third-order valence-electron chi connectivity index (χ3n) is 5.64. The standard InChI is InChI=1S/C28H27NO/c1-3-21-10-16-26(17-11-21)29-27(23-12-8-20(2)9-13-23)19-28(30)25-15-14-22-6-4-5-7-24(22)18-25/h4-18,27,29H,3,19H2,1-2H3. The van der Waals surface area contributed by atoms with Crippen molar-refractivity contribution in [1.29, 1.82) is 0 Å². The van der Waals surface area contributed by atoms with Gasteiger partial charge < -0.3 is 5.32 Å². The minimum atomic E-state index is -0.0861. The highest BCUT2D eigenvalue weighted by Crippen LogP contribution is 2.26. The number of carbonyl (C=O) groups is 1. The summed E-state index contributed by atoms with van der Waals surface area (Å²) in [6.07, 6.45) is 1.42. The molecule has 4 aromatic carbocycles. The monoisotopic (exact) mass is 393 g/mol. The molecule has 0 bridgehead atoms. The van der Waals surface area contributed by atoms with E-state index >= 15 is 0 Å². The molecule has 4 aromatic rings. The molecule has 0 aromatic heterocycles. The van der Waals surface area contributed by atoms with Crippen LogP contribution in [-0.4, -0.2) is 5.78 Å². The minimum Gasteiger partial charge on any atom is -0.378 e. The number of nitrogens with one attached hydrogen (secondary N) is 1. The van der Waals surface area contributed by atoms with Crippen molar-refractivity contribution in [3.8, 4) is 0 Å². The quantitative estimate of drug-likeness (QED) is 0.338. The fourth-order valence-electron chi connectivity index (χ4n) is 3.75. The normalized spacial score (nSPS) is 11.9. The lowest BCUT2D eigenvalue weighted by molar-refractivity contribution is 0.0976. The van der Waals surface area contributed by atoms with Crippen LogP contribution in [0.1, 0.15) is 46.4 Å². The molecule has 0 amide bonds. The Morgan fingerprint density at radius 3 is 2.23 bits per heavy atom. The van der Waals surface area contributed by atoms with E-state index in [4.69, 9.17) is 0 Å². The van der Waals surface area contributed by atoms with E-state index in [0.29, 0.717) is 6.42 Å². The molecule has 0 saturated heterocycles. The van der Waals surface area contributed by atoms with Crippen LogP contribution in [0.2, 0.25) is 0 Å². The Balaban J connectivity index is 1.60. The maximum absolute atomic E-state index is 13.2. The van der Waals surface area contributed by atoms with Crippen molar-refractivity contribution in [3.63, 3.8) is 0 Å². The van der Waals surface area contributed by atoms with Crippen molar-refractivity contribution >= 4 is 22.2 Å². The molecule has 1 atom stereocenters. The highest BCUT2D eigenvalue weighted by Gasteiger charge is 2.18. The number of anilines is 1. The molecular weight excluding hydrogens is 366 g/mol. The average molecular weight is 394 g/mol. The minimum absolute atomic E-state index is 0.0861. The molecule has 2 nitrogen and oxygen atoms in total. The third kappa shape index (κ3) is 4.60. The number of Topliss-reactive ketones (excluding diaryl/α,β-unsaturated/α-hetero) is 1. The second kappa shape index (κ2) is 8.96. The van der Waals surface area contributed by atoms with Crippen LogP contribution >= 0.6 is 0 Å². The maximum Gasteiger partial charge on any atom is 0.165 e. The molecule has 0 radical (unpaired) electrons. The fourth-order valence-corrected chi connectivity index (χ4v) is 3.75. The van der Waals surface area contributed by atoms with Crippen LogP contribution in [-0.2, 0) is 6.42 Å². The van der Waals surface area contributed by atoms with Gasteiger partial charge in [-0.2, -0.15) is 0 Å². The van der Waals surface area contributed by atoms with Crippen LogP contribution in [0.15, 0.2) is 91.0 Å². The van der Waals surface area contributed by atoms with Crippen molar-refractivity contribution in [2.24, 2.45) is 0 Å². The zero-order valence-electron chi connectivity index (χ0n) is 17.6. The topological polar surface area (TPSA) is 29.1 Å². The predicted molar refractivity (Wildman–Crippen MR) is 126 cm³/mol. The summed E-state index contributed by atoms with van der Waals surface area (Å²) in [7, 11) is 0. The summed E-state index contributed by atoms with van der Waals surface area (Å²) in [6.45, 7) is 4.23. The molecule has 0 spiro atoms. The van der Waals surface area contributed by atoms with Crippen molar-refractivity contribution in [1.82, 2.24) is 0 Å². The van der Waals surface area contributed by atoms with Crippen LogP contribution in [0.5, 0.6) is 0 Å². The van der Waals surface area contributed by atoms with E-state index < -0.39 is 0 Å². The number of carbonyl (C=O) groups excluding carboxylic acids is 1. The van der Waals surface area contributed by atoms with Gasteiger partial charge in [0.05, 0.1) is 6.04 Å². The Morgan fingerprint density at radius 2 is 1.53 bits per heavy atom. The highest BCUT2D eigenvalue weighted by molar-refractivity contribution is 6.00. The van der Waals surface area contributed by atoms with Gasteiger partial charge in [0, 0.05) is 17.7 Å². The van der Waals surface area contributed by atoms with Crippen molar-refractivity contribution < 1.29 is 4.79 Å². The van der Waals surface area contributed by atoms with Gasteiger partial charge in [-0.3, -0.25) is 4.79 Å². The molecule has 2 heteroatoms. The van der Waals surface area contributed by atoms with E-state index in [1.165, 1.54) is 11.1 Å². The first-order valence-corrected chi connectivity index (χ1v) is 10.6. The number of benzene rings is 4. The molecule has 0 heterocycles. The predicted octanol–water partition coefficient (Wildman–Crippen LogP) is 7.14. The number of hydrogen-bond acceptors (Lipinski definition) is 2. The van der Waals surface area contributed by atoms with Crippen molar-refractivity contribution in [2.45, 2.75) is 32.7 Å². The van der Waals surface area contributed by atoms with Gasteiger partial charge in [0.25, 0.3) is 0 Å². The summed E-state index contributed by atoms with van der Waals surface area (Å²) in [6, 6.07) is 30.9. The van der Waals surface area contributed by atoms with Gasteiger partial charge in [-0.1, -0.05) is 85.3 Å². The Bertz CT molecular complexity index is 1140. The largest absolute Gasteiger partial charge is 0.378 e. The summed E-state index contributed by atoms with van der Waals surface area (Å²) in [5.74, 6) is 0.143. The second-order valence-corrected chi connectivity index (χ2v) is 7.85. The van der Waals surface area contributed by atoms with Crippen LogP contribution in [0, 0.1) is 6.92 Å². The molecule has 0 saturated carbocycles. The first-order chi connectivity index (χ1) is 14.6. The number of rotatable bonds is 7. The molecular formula is C28H27NO. The van der Waals surface area contributed by atoms with E-state index in [1.807, 2.05) is 30.3 Å². The number of ketones is 1. The second-order valence-electron chi connectivity index (χ2n) is 7.85. The molecule has 4 rings (SSSR count). The fraction of sp³-hybridized carbons (Fsp3) is 0.179. The van der Waals surface area contributed by atoms with E-state index in [0.717, 1.165) is 34.0 Å². The van der Waals surface area contributed by atoms with E-state index in [-0.39, 0.29) is 11.8 Å². The van der Waals surface area contributed by atoms with Crippen LogP contribution in [0.25, 0.3) is 10.8 Å². The van der Waals surface area contributed by atoms with Gasteiger partial charge >= 0.3 is 0 Å². The van der Waals surface area contributed by atoms with E-state index in [9.17, 15) is 4.79 Å². The molecule has 0 aliphatic rings. The van der Waals surface area contributed by atoms with Crippen molar-refractivity contribution in [3.05, 3.63) is 113 Å². The Hall–Kier alpha value is -3.39. The highest BCUT2D eigenvalue weighted by atomic mass is 16.1. The number of hydrogen-bond donors (Lipinski definition) is 1. The Labute approximate surface area is 178 Å². The Kier molecular flexibility index (Phi) is 5.94. The van der Waals surface area contributed by atoms with E-state index in [2.05, 4.69) is 79.8 Å². The number of aryl methyl sites for hydroxylation is 2. The Morgan fingerprint density at radius 1 is 0.833 bits per heavy atom. The summed E-state index contributed by atoms with van der Waals surface area (Å²) in [5, 5.41) is 5.83. The first kappa shape index (κ1) is 19.9. The lowest BCUT2D eigenvalue weighted by Crippen LogP contribution is -2.16.